The van der Waals surface area contributed by atoms with E-state index < -0.39 is 22.0 Å². The summed E-state index contributed by atoms with van der Waals surface area (Å²) in [6.45, 7) is 1.60. The molecule has 1 rings (SSSR count). The van der Waals surface area contributed by atoms with Gasteiger partial charge in [0.2, 0.25) is 10.0 Å². The molecule has 0 radical (unpaired) electrons. The first-order valence-corrected chi connectivity index (χ1v) is 7.61. The van der Waals surface area contributed by atoms with Gasteiger partial charge in [-0.25, -0.2) is 8.42 Å². The van der Waals surface area contributed by atoms with Crippen molar-refractivity contribution in [2.75, 3.05) is 14.2 Å². The van der Waals surface area contributed by atoms with Crippen molar-refractivity contribution in [1.29, 1.82) is 0 Å². The molecule has 8 heteroatoms. The lowest BCUT2D eigenvalue weighted by Crippen LogP contribution is -2.41. The standard InChI is InChI=1S/C12H16ClNO5S/c1-4-10(12(15)16)14(2)20(17,18)8-5-6-11(19-3)9(13)7-8/h5-7,10H,4H2,1-3H3,(H,15,16). The molecular weight excluding hydrogens is 306 g/mol. The molecule has 0 saturated carbocycles. The van der Waals surface area contributed by atoms with Gasteiger partial charge in [0.15, 0.2) is 0 Å². The first-order chi connectivity index (χ1) is 9.25. The molecule has 0 aromatic heterocycles. The number of halogens is 1. The van der Waals surface area contributed by atoms with E-state index in [4.69, 9.17) is 21.4 Å². The number of likely N-dealkylation sites (N-methyl/N-ethyl adjacent to an activating group) is 1. The van der Waals surface area contributed by atoms with Crippen LogP contribution in [0.5, 0.6) is 5.75 Å². The second kappa shape index (κ2) is 6.43. The van der Waals surface area contributed by atoms with Crippen LogP contribution < -0.4 is 4.74 Å². The molecule has 0 bridgehead atoms. The summed E-state index contributed by atoms with van der Waals surface area (Å²) in [5, 5.41) is 9.18. The molecule has 6 nitrogen and oxygen atoms in total. The van der Waals surface area contributed by atoms with E-state index in [9.17, 15) is 13.2 Å². The maximum atomic E-state index is 12.4. The summed E-state index contributed by atoms with van der Waals surface area (Å²) in [6, 6.07) is 2.86. The number of nitrogens with zero attached hydrogens (tertiary/aromatic N) is 1. The lowest BCUT2D eigenvalue weighted by Gasteiger charge is -2.23. The van der Waals surface area contributed by atoms with E-state index in [0.29, 0.717) is 5.75 Å². The van der Waals surface area contributed by atoms with E-state index in [-0.39, 0.29) is 16.3 Å². The Balaban J connectivity index is 3.22. The number of hydrogen-bond donors (Lipinski definition) is 1. The molecule has 1 N–H and O–H groups in total. The second-order valence-corrected chi connectivity index (χ2v) is 6.48. The van der Waals surface area contributed by atoms with Crippen LogP contribution >= 0.6 is 11.6 Å². The maximum Gasteiger partial charge on any atom is 0.321 e. The Morgan fingerprint density at radius 3 is 2.50 bits per heavy atom. The third-order valence-electron chi connectivity index (χ3n) is 2.91. The quantitative estimate of drug-likeness (QED) is 0.864. The van der Waals surface area contributed by atoms with Gasteiger partial charge in [0, 0.05) is 7.05 Å². The molecule has 0 spiro atoms. The molecular formula is C12H16ClNO5S. The molecule has 0 fully saturated rings. The van der Waals surface area contributed by atoms with Crippen molar-refractivity contribution >= 4 is 27.6 Å². The first kappa shape index (κ1) is 16.7. The van der Waals surface area contributed by atoms with E-state index in [1.165, 1.54) is 32.4 Å². The van der Waals surface area contributed by atoms with E-state index in [1.54, 1.807) is 6.92 Å². The zero-order valence-corrected chi connectivity index (χ0v) is 12.9. The highest BCUT2D eigenvalue weighted by molar-refractivity contribution is 7.89. The Morgan fingerprint density at radius 1 is 1.50 bits per heavy atom. The summed E-state index contributed by atoms with van der Waals surface area (Å²) in [6.07, 6.45) is 0.162. The number of ether oxygens (including phenoxy) is 1. The highest BCUT2D eigenvalue weighted by Crippen LogP contribution is 2.28. The molecule has 0 aliphatic carbocycles. The number of aliphatic carboxylic acids is 1. The van der Waals surface area contributed by atoms with Gasteiger partial charge < -0.3 is 9.84 Å². The Bertz CT molecular complexity index is 602. The molecule has 0 aliphatic rings. The van der Waals surface area contributed by atoms with Gasteiger partial charge in [0.25, 0.3) is 0 Å². The van der Waals surface area contributed by atoms with Crippen molar-refractivity contribution in [3.05, 3.63) is 23.2 Å². The van der Waals surface area contributed by atoms with Crippen LogP contribution in [-0.4, -0.2) is 44.0 Å². The molecule has 1 atom stereocenters. The summed E-state index contributed by atoms with van der Waals surface area (Å²) in [5.41, 5.74) is 0. The topological polar surface area (TPSA) is 83.9 Å². The number of carboxylic acids is 1. The van der Waals surface area contributed by atoms with Crippen molar-refractivity contribution in [1.82, 2.24) is 4.31 Å². The van der Waals surface area contributed by atoms with Crippen molar-refractivity contribution < 1.29 is 23.1 Å². The van der Waals surface area contributed by atoms with Gasteiger partial charge in [0.1, 0.15) is 11.8 Å². The fraction of sp³-hybridized carbons (Fsp3) is 0.417. The van der Waals surface area contributed by atoms with E-state index in [0.717, 1.165) is 4.31 Å². The van der Waals surface area contributed by atoms with Crippen molar-refractivity contribution in [3.63, 3.8) is 0 Å². The molecule has 0 amide bonds. The zero-order chi connectivity index (χ0) is 15.5. The van der Waals surface area contributed by atoms with Gasteiger partial charge in [0.05, 0.1) is 17.0 Å². The number of benzene rings is 1. The average molecular weight is 322 g/mol. The Hall–Kier alpha value is -1.31. The van der Waals surface area contributed by atoms with Gasteiger partial charge in [-0.3, -0.25) is 4.79 Å². The average Bonchev–Trinajstić information content (AvgIpc) is 2.38. The van der Waals surface area contributed by atoms with Crippen LogP contribution in [0, 0.1) is 0 Å². The number of carbonyl (C=O) groups is 1. The van der Waals surface area contributed by atoms with Crippen LogP contribution in [0.25, 0.3) is 0 Å². The van der Waals surface area contributed by atoms with Crippen LogP contribution in [-0.2, 0) is 14.8 Å². The number of methoxy groups -OCH3 is 1. The summed E-state index contributed by atoms with van der Waals surface area (Å²) < 4.78 is 30.5. The largest absolute Gasteiger partial charge is 0.495 e. The van der Waals surface area contributed by atoms with Gasteiger partial charge in [-0.2, -0.15) is 4.31 Å². The lowest BCUT2D eigenvalue weighted by atomic mass is 10.2. The minimum atomic E-state index is -3.93. The van der Waals surface area contributed by atoms with Crippen LogP contribution in [0.2, 0.25) is 5.02 Å². The smallest absolute Gasteiger partial charge is 0.321 e. The minimum absolute atomic E-state index is 0.0782. The van der Waals surface area contributed by atoms with Crippen LogP contribution in [0.1, 0.15) is 13.3 Å². The normalized spacial score (nSPS) is 13.2. The monoisotopic (exact) mass is 321 g/mol. The molecule has 1 aromatic rings. The molecule has 1 unspecified atom stereocenters. The molecule has 0 aliphatic heterocycles. The SMILES string of the molecule is CCC(C(=O)O)N(C)S(=O)(=O)c1ccc(OC)c(Cl)c1. The van der Waals surface area contributed by atoms with E-state index in [2.05, 4.69) is 0 Å². The van der Waals surface area contributed by atoms with Crippen molar-refractivity contribution in [2.24, 2.45) is 0 Å². The van der Waals surface area contributed by atoms with Gasteiger partial charge >= 0.3 is 5.97 Å². The van der Waals surface area contributed by atoms with Crippen LogP contribution in [0.4, 0.5) is 0 Å². The zero-order valence-electron chi connectivity index (χ0n) is 11.3. The number of hydrogen-bond acceptors (Lipinski definition) is 4. The van der Waals surface area contributed by atoms with Crippen LogP contribution in [0.15, 0.2) is 23.1 Å². The summed E-state index contributed by atoms with van der Waals surface area (Å²) >= 11 is 5.89. The first-order valence-electron chi connectivity index (χ1n) is 5.80. The Labute approximate surface area is 123 Å². The van der Waals surface area contributed by atoms with Crippen LogP contribution in [0.3, 0.4) is 0 Å². The molecule has 1 aromatic carbocycles. The Kier molecular flexibility index (Phi) is 5.38. The summed E-state index contributed by atoms with van der Waals surface area (Å²) in [4.78, 5) is 11.0. The highest BCUT2D eigenvalue weighted by atomic mass is 35.5. The van der Waals surface area contributed by atoms with Gasteiger partial charge in [-0.05, 0) is 24.6 Å². The van der Waals surface area contributed by atoms with Gasteiger partial charge in [-0.1, -0.05) is 18.5 Å². The molecule has 20 heavy (non-hydrogen) atoms. The predicted octanol–water partition coefficient (Wildman–Crippen LogP) is 1.83. The number of sulfonamides is 1. The molecule has 112 valence electrons. The third-order valence-corrected chi connectivity index (χ3v) is 5.07. The second-order valence-electron chi connectivity index (χ2n) is 4.08. The maximum absolute atomic E-state index is 12.4. The van der Waals surface area contributed by atoms with E-state index >= 15 is 0 Å². The highest BCUT2D eigenvalue weighted by Gasteiger charge is 2.31. The van der Waals surface area contributed by atoms with Gasteiger partial charge in [-0.15, -0.1) is 0 Å². The summed E-state index contributed by atoms with van der Waals surface area (Å²) in [5.74, 6) is -0.850. The molecule has 0 heterocycles. The third kappa shape index (κ3) is 3.23. The fourth-order valence-electron chi connectivity index (χ4n) is 1.73. The number of rotatable bonds is 6. The lowest BCUT2D eigenvalue weighted by molar-refractivity contribution is -0.141. The molecule has 0 saturated heterocycles. The fourth-order valence-corrected chi connectivity index (χ4v) is 3.46. The van der Waals surface area contributed by atoms with Crippen molar-refractivity contribution in [2.45, 2.75) is 24.3 Å². The minimum Gasteiger partial charge on any atom is -0.495 e. The van der Waals surface area contributed by atoms with Crippen molar-refractivity contribution in [3.8, 4) is 5.75 Å². The van der Waals surface area contributed by atoms with E-state index in [1.807, 2.05) is 0 Å². The Morgan fingerprint density at radius 2 is 2.10 bits per heavy atom. The predicted molar refractivity (Wildman–Crippen MR) is 74.7 cm³/mol. The number of carboxylic acid groups (broad SMARTS) is 1. The summed E-state index contributed by atoms with van der Waals surface area (Å²) in [7, 11) is -1.28.